The number of nitrogens with one attached hydrogen (secondary N) is 2. The summed E-state index contributed by atoms with van der Waals surface area (Å²) < 4.78 is 12.8. The van der Waals surface area contributed by atoms with Crippen molar-refractivity contribution in [2.75, 3.05) is 33.2 Å². The van der Waals surface area contributed by atoms with Gasteiger partial charge in [-0.1, -0.05) is 12.1 Å². The van der Waals surface area contributed by atoms with Crippen LogP contribution in [0.5, 0.6) is 0 Å². The van der Waals surface area contributed by atoms with Gasteiger partial charge in [-0.25, -0.2) is 4.39 Å². The van der Waals surface area contributed by atoms with Gasteiger partial charge < -0.3 is 10.6 Å². The zero-order chi connectivity index (χ0) is 15.1. The van der Waals surface area contributed by atoms with E-state index in [0.717, 1.165) is 37.9 Å². The zero-order valence-electron chi connectivity index (χ0n) is 12.6. The minimum absolute atomic E-state index is 0.0695. The van der Waals surface area contributed by atoms with E-state index in [9.17, 15) is 9.18 Å². The highest BCUT2D eigenvalue weighted by Gasteiger charge is 2.19. The van der Waals surface area contributed by atoms with Crippen LogP contribution in [0.3, 0.4) is 0 Å². The summed E-state index contributed by atoms with van der Waals surface area (Å²) in [7, 11) is 1.99. The highest BCUT2D eigenvalue weighted by Crippen LogP contribution is 2.09. The molecule has 2 rings (SSSR count). The largest absolute Gasteiger partial charge is 0.355 e. The minimum Gasteiger partial charge on any atom is -0.355 e. The Morgan fingerprint density at radius 1 is 1.29 bits per heavy atom. The van der Waals surface area contributed by atoms with Crippen molar-refractivity contribution >= 4 is 5.91 Å². The minimum atomic E-state index is -0.229. The van der Waals surface area contributed by atoms with Crippen molar-refractivity contribution < 1.29 is 9.18 Å². The molecule has 21 heavy (non-hydrogen) atoms. The summed E-state index contributed by atoms with van der Waals surface area (Å²) in [5.41, 5.74) is 1.03. The Kier molecular flexibility index (Phi) is 6.14. The van der Waals surface area contributed by atoms with Crippen LogP contribution in [0.25, 0.3) is 0 Å². The van der Waals surface area contributed by atoms with Gasteiger partial charge in [-0.15, -0.1) is 0 Å². The van der Waals surface area contributed by atoms with Crippen molar-refractivity contribution in [2.24, 2.45) is 0 Å². The van der Waals surface area contributed by atoms with Gasteiger partial charge in [0.05, 0.1) is 6.54 Å². The summed E-state index contributed by atoms with van der Waals surface area (Å²) in [5, 5.41) is 6.21. The van der Waals surface area contributed by atoms with E-state index < -0.39 is 0 Å². The molecule has 2 N–H and O–H groups in total. The molecule has 0 atom stereocenters. The van der Waals surface area contributed by atoms with Gasteiger partial charge in [0, 0.05) is 25.7 Å². The van der Waals surface area contributed by atoms with Crippen LogP contribution >= 0.6 is 0 Å². The quantitative estimate of drug-likeness (QED) is 0.827. The summed E-state index contributed by atoms with van der Waals surface area (Å²) in [5.74, 6) is -0.159. The Labute approximate surface area is 125 Å². The smallest absolute Gasteiger partial charge is 0.234 e. The van der Waals surface area contributed by atoms with Gasteiger partial charge in [-0.2, -0.15) is 0 Å². The molecular weight excluding hydrogens is 269 g/mol. The van der Waals surface area contributed by atoms with Crippen molar-refractivity contribution in [3.63, 3.8) is 0 Å². The molecule has 5 heteroatoms. The molecule has 1 saturated heterocycles. The van der Waals surface area contributed by atoms with Gasteiger partial charge in [-0.3, -0.25) is 9.69 Å². The molecule has 0 spiro atoms. The predicted octanol–water partition coefficient (Wildman–Crippen LogP) is 1.17. The molecule has 1 aliphatic heterocycles. The first-order valence-corrected chi connectivity index (χ1v) is 7.58. The lowest BCUT2D eigenvalue weighted by molar-refractivity contribution is -0.122. The molecular formula is C16H24FN3O. The van der Waals surface area contributed by atoms with E-state index in [1.54, 1.807) is 12.1 Å². The van der Waals surface area contributed by atoms with E-state index in [2.05, 4.69) is 15.5 Å². The molecule has 4 nitrogen and oxygen atoms in total. The Morgan fingerprint density at radius 2 is 1.95 bits per heavy atom. The van der Waals surface area contributed by atoms with Gasteiger partial charge in [0.2, 0.25) is 5.91 Å². The second kappa shape index (κ2) is 8.10. The SMILES string of the molecule is CNC1CCN(CC(=O)NCCc2ccc(F)cc2)CC1. The Morgan fingerprint density at radius 3 is 2.57 bits per heavy atom. The van der Waals surface area contributed by atoms with Crippen LogP contribution in [0.1, 0.15) is 18.4 Å². The average molecular weight is 293 g/mol. The number of amides is 1. The number of hydrogen-bond donors (Lipinski definition) is 2. The van der Waals surface area contributed by atoms with E-state index in [-0.39, 0.29) is 11.7 Å². The second-order valence-electron chi connectivity index (χ2n) is 5.57. The third-order valence-corrected chi connectivity index (χ3v) is 4.01. The molecule has 0 unspecified atom stereocenters. The van der Waals surface area contributed by atoms with Gasteiger partial charge in [0.25, 0.3) is 0 Å². The number of rotatable bonds is 6. The van der Waals surface area contributed by atoms with Crippen molar-refractivity contribution in [1.82, 2.24) is 15.5 Å². The van der Waals surface area contributed by atoms with Gasteiger partial charge in [0.1, 0.15) is 5.82 Å². The summed E-state index contributed by atoms with van der Waals surface area (Å²) >= 11 is 0. The number of carbonyl (C=O) groups excluding carboxylic acids is 1. The fraction of sp³-hybridized carbons (Fsp3) is 0.562. The third kappa shape index (κ3) is 5.44. The normalized spacial score (nSPS) is 16.9. The molecule has 1 aromatic carbocycles. The van der Waals surface area contributed by atoms with E-state index in [1.165, 1.54) is 12.1 Å². The maximum absolute atomic E-state index is 12.8. The lowest BCUT2D eigenvalue weighted by atomic mass is 10.1. The lowest BCUT2D eigenvalue weighted by Gasteiger charge is -2.31. The van der Waals surface area contributed by atoms with Crippen LogP contribution in [0.2, 0.25) is 0 Å². The second-order valence-corrected chi connectivity index (χ2v) is 5.57. The third-order valence-electron chi connectivity index (χ3n) is 4.01. The maximum Gasteiger partial charge on any atom is 0.234 e. The predicted molar refractivity (Wildman–Crippen MR) is 81.6 cm³/mol. The van der Waals surface area contributed by atoms with Crippen molar-refractivity contribution in [1.29, 1.82) is 0 Å². The number of likely N-dealkylation sites (tertiary alicyclic amines) is 1. The van der Waals surface area contributed by atoms with Crippen LogP contribution in [-0.2, 0) is 11.2 Å². The highest BCUT2D eigenvalue weighted by molar-refractivity contribution is 5.78. The summed E-state index contributed by atoms with van der Waals surface area (Å²) in [6.45, 7) is 3.01. The average Bonchev–Trinajstić information content (AvgIpc) is 2.50. The molecule has 1 aliphatic rings. The highest BCUT2D eigenvalue weighted by atomic mass is 19.1. The van der Waals surface area contributed by atoms with Crippen molar-refractivity contribution in [3.05, 3.63) is 35.6 Å². The van der Waals surface area contributed by atoms with E-state index in [1.807, 2.05) is 7.05 Å². The molecule has 0 bridgehead atoms. The van der Waals surface area contributed by atoms with E-state index in [0.29, 0.717) is 19.1 Å². The molecule has 116 valence electrons. The Bertz CT molecular complexity index is 441. The molecule has 0 saturated carbocycles. The lowest BCUT2D eigenvalue weighted by Crippen LogP contribution is -2.45. The molecule has 0 aliphatic carbocycles. The summed E-state index contributed by atoms with van der Waals surface area (Å²) in [6, 6.07) is 6.99. The van der Waals surface area contributed by atoms with E-state index >= 15 is 0 Å². The molecule has 0 radical (unpaired) electrons. The van der Waals surface area contributed by atoms with Gasteiger partial charge >= 0.3 is 0 Å². The number of halogens is 1. The van der Waals surface area contributed by atoms with Crippen LogP contribution in [0, 0.1) is 5.82 Å². The summed E-state index contributed by atoms with van der Waals surface area (Å²) in [4.78, 5) is 14.1. The fourth-order valence-electron chi connectivity index (χ4n) is 2.64. The first-order valence-electron chi connectivity index (χ1n) is 7.58. The summed E-state index contributed by atoms with van der Waals surface area (Å²) in [6.07, 6.45) is 2.92. The molecule has 0 aromatic heterocycles. The number of benzene rings is 1. The number of nitrogens with zero attached hydrogens (tertiary/aromatic N) is 1. The molecule has 1 aromatic rings. The number of piperidine rings is 1. The fourth-order valence-corrected chi connectivity index (χ4v) is 2.64. The standard InChI is InChI=1S/C16H24FN3O/c1-18-15-7-10-20(11-8-15)12-16(21)19-9-6-13-2-4-14(17)5-3-13/h2-5,15,18H,6-12H2,1H3,(H,19,21). The number of hydrogen-bond acceptors (Lipinski definition) is 3. The monoisotopic (exact) mass is 293 g/mol. The first-order chi connectivity index (χ1) is 10.2. The van der Waals surface area contributed by atoms with Crippen LogP contribution in [0.15, 0.2) is 24.3 Å². The molecule has 1 amide bonds. The van der Waals surface area contributed by atoms with Crippen LogP contribution in [0.4, 0.5) is 4.39 Å². The topological polar surface area (TPSA) is 44.4 Å². The zero-order valence-corrected chi connectivity index (χ0v) is 12.6. The molecule has 1 heterocycles. The van der Waals surface area contributed by atoms with Gasteiger partial charge in [0.15, 0.2) is 0 Å². The number of carbonyl (C=O) groups is 1. The van der Waals surface area contributed by atoms with Crippen molar-refractivity contribution in [3.8, 4) is 0 Å². The first kappa shape index (κ1) is 15.9. The van der Waals surface area contributed by atoms with Crippen LogP contribution in [-0.4, -0.2) is 50.1 Å². The van der Waals surface area contributed by atoms with Gasteiger partial charge in [-0.05, 0) is 44.0 Å². The Hall–Kier alpha value is -1.46. The van der Waals surface area contributed by atoms with Crippen molar-refractivity contribution in [2.45, 2.75) is 25.3 Å². The maximum atomic E-state index is 12.8. The van der Waals surface area contributed by atoms with E-state index in [4.69, 9.17) is 0 Å². The van der Waals surface area contributed by atoms with Crippen LogP contribution < -0.4 is 10.6 Å². The Balaban J connectivity index is 1.62. The molecule has 1 fully saturated rings.